The average molecular weight is 518 g/mol. The molecular formula is C21H32FIN4O2. The molecule has 1 saturated carbocycles. The summed E-state index contributed by atoms with van der Waals surface area (Å²) >= 11 is 0. The standard InChI is InChI=1S/C21H31FN4O2.HI/c1-23-21(24-13-19(28-2)15-7-9-17(22)10-8-15)25-18-11-12-26(14-18)20(27)16-5-3-4-6-16;/h7-10,16,18-19H,3-6,11-14H2,1-2H3,(H2,23,24,25);1H. The van der Waals surface area contributed by atoms with Gasteiger partial charge in [-0.15, -0.1) is 24.0 Å². The number of rotatable bonds is 6. The zero-order valence-corrected chi connectivity index (χ0v) is 19.5. The van der Waals surface area contributed by atoms with Crippen molar-refractivity contribution in [3.8, 4) is 0 Å². The van der Waals surface area contributed by atoms with E-state index in [4.69, 9.17) is 4.74 Å². The van der Waals surface area contributed by atoms with Crippen molar-refractivity contribution in [3.63, 3.8) is 0 Å². The van der Waals surface area contributed by atoms with Gasteiger partial charge in [0, 0.05) is 45.8 Å². The Bertz CT molecular complexity index is 680. The van der Waals surface area contributed by atoms with Crippen LogP contribution in [0.25, 0.3) is 0 Å². The maximum Gasteiger partial charge on any atom is 0.225 e. The normalized spacial score (nSPS) is 21.0. The van der Waals surface area contributed by atoms with Gasteiger partial charge in [0.2, 0.25) is 5.91 Å². The molecule has 0 spiro atoms. The Labute approximate surface area is 189 Å². The first-order valence-electron chi connectivity index (χ1n) is 10.1. The Morgan fingerprint density at radius 2 is 1.97 bits per heavy atom. The van der Waals surface area contributed by atoms with Crippen molar-refractivity contribution in [1.29, 1.82) is 0 Å². The third kappa shape index (κ3) is 6.53. The zero-order valence-electron chi connectivity index (χ0n) is 17.2. The number of carbonyl (C=O) groups excluding carboxylic acids is 1. The van der Waals surface area contributed by atoms with Crippen molar-refractivity contribution in [2.75, 3.05) is 33.8 Å². The van der Waals surface area contributed by atoms with Gasteiger partial charge in [0.15, 0.2) is 5.96 Å². The van der Waals surface area contributed by atoms with Gasteiger partial charge < -0.3 is 20.3 Å². The SMILES string of the molecule is CN=C(NCC(OC)c1ccc(F)cc1)NC1CCN(C(=O)C2CCCC2)C1.I. The first-order chi connectivity index (χ1) is 13.6. The van der Waals surface area contributed by atoms with E-state index >= 15 is 0 Å². The fourth-order valence-corrected chi connectivity index (χ4v) is 4.10. The van der Waals surface area contributed by atoms with Gasteiger partial charge in [0.25, 0.3) is 0 Å². The molecule has 2 unspecified atom stereocenters. The third-order valence-corrected chi connectivity index (χ3v) is 5.75. The van der Waals surface area contributed by atoms with Crippen molar-refractivity contribution >= 4 is 35.8 Å². The lowest BCUT2D eigenvalue weighted by Crippen LogP contribution is -2.46. The van der Waals surface area contributed by atoms with Crippen LogP contribution in [0.4, 0.5) is 4.39 Å². The highest BCUT2D eigenvalue weighted by Crippen LogP contribution is 2.27. The van der Waals surface area contributed by atoms with Gasteiger partial charge in [0.05, 0.1) is 6.10 Å². The Balaban J connectivity index is 0.00000300. The molecule has 1 amide bonds. The van der Waals surface area contributed by atoms with E-state index in [0.29, 0.717) is 18.4 Å². The summed E-state index contributed by atoms with van der Waals surface area (Å²) in [5.41, 5.74) is 0.904. The van der Waals surface area contributed by atoms with Gasteiger partial charge in [-0.3, -0.25) is 9.79 Å². The minimum atomic E-state index is -0.262. The van der Waals surface area contributed by atoms with Crippen molar-refractivity contribution in [2.24, 2.45) is 10.9 Å². The van der Waals surface area contributed by atoms with E-state index in [9.17, 15) is 9.18 Å². The molecule has 162 valence electrons. The van der Waals surface area contributed by atoms with Crippen LogP contribution in [0.2, 0.25) is 0 Å². The average Bonchev–Trinajstić information content (AvgIpc) is 3.40. The molecule has 1 aromatic rings. The number of hydrogen-bond acceptors (Lipinski definition) is 3. The van der Waals surface area contributed by atoms with Crippen LogP contribution in [0.5, 0.6) is 0 Å². The van der Waals surface area contributed by atoms with Crippen LogP contribution in [0.15, 0.2) is 29.3 Å². The van der Waals surface area contributed by atoms with E-state index in [1.54, 1.807) is 26.3 Å². The summed E-state index contributed by atoms with van der Waals surface area (Å²) in [6.45, 7) is 2.04. The second kappa shape index (κ2) is 11.7. The number of aliphatic imine (C=N–C) groups is 1. The molecule has 0 radical (unpaired) electrons. The monoisotopic (exact) mass is 518 g/mol. The molecule has 1 heterocycles. The van der Waals surface area contributed by atoms with Crippen molar-refractivity contribution in [1.82, 2.24) is 15.5 Å². The smallest absolute Gasteiger partial charge is 0.225 e. The quantitative estimate of drug-likeness (QED) is 0.345. The molecule has 6 nitrogen and oxygen atoms in total. The van der Waals surface area contributed by atoms with E-state index < -0.39 is 0 Å². The van der Waals surface area contributed by atoms with Crippen molar-refractivity contribution in [2.45, 2.75) is 44.2 Å². The lowest BCUT2D eigenvalue weighted by atomic mass is 10.1. The van der Waals surface area contributed by atoms with Gasteiger partial charge in [-0.05, 0) is 37.0 Å². The van der Waals surface area contributed by atoms with E-state index in [1.807, 2.05) is 4.90 Å². The van der Waals surface area contributed by atoms with Crippen LogP contribution in [0.1, 0.15) is 43.8 Å². The largest absolute Gasteiger partial charge is 0.375 e. The highest BCUT2D eigenvalue weighted by molar-refractivity contribution is 14.0. The molecule has 2 fully saturated rings. The van der Waals surface area contributed by atoms with Gasteiger partial charge in [0.1, 0.15) is 5.82 Å². The predicted molar refractivity (Wildman–Crippen MR) is 123 cm³/mol. The highest BCUT2D eigenvalue weighted by atomic mass is 127. The zero-order chi connectivity index (χ0) is 19.9. The molecule has 3 rings (SSSR count). The maximum atomic E-state index is 13.1. The van der Waals surface area contributed by atoms with E-state index in [0.717, 1.165) is 37.9 Å². The fourth-order valence-electron chi connectivity index (χ4n) is 4.10. The number of nitrogens with one attached hydrogen (secondary N) is 2. The molecule has 0 bridgehead atoms. The molecule has 2 atom stereocenters. The van der Waals surface area contributed by atoms with Crippen molar-refractivity contribution < 1.29 is 13.9 Å². The summed E-state index contributed by atoms with van der Waals surface area (Å²) in [5.74, 6) is 0.973. The summed E-state index contributed by atoms with van der Waals surface area (Å²) in [5, 5.41) is 6.69. The fraction of sp³-hybridized carbons (Fsp3) is 0.619. The van der Waals surface area contributed by atoms with Crippen LogP contribution in [-0.2, 0) is 9.53 Å². The number of methoxy groups -OCH3 is 1. The van der Waals surface area contributed by atoms with E-state index in [-0.39, 0.29) is 47.9 Å². The minimum Gasteiger partial charge on any atom is -0.375 e. The third-order valence-electron chi connectivity index (χ3n) is 5.75. The number of amides is 1. The molecular weight excluding hydrogens is 486 g/mol. The number of benzene rings is 1. The molecule has 2 aliphatic rings. The second-order valence-corrected chi connectivity index (χ2v) is 7.62. The summed E-state index contributed by atoms with van der Waals surface area (Å²) in [4.78, 5) is 18.9. The number of carbonyl (C=O) groups is 1. The topological polar surface area (TPSA) is 66.0 Å². The Kier molecular flexibility index (Phi) is 9.61. The number of nitrogens with zero attached hydrogens (tertiary/aromatic N) is 2. The van der Waals surface area contributed by atoms with E-state index in [2.05, 4.69) is 15.6 Å². The predicted octanol–water partition coefficient (Wildman–Crippen LogP) is 3.09. The van der Waals surface area contributed by atoms with Crippen LogP contribution >= 0.6 is 24.0 Å². The molecule has 8 heteroatoms. The molecule has 1 aliphatic carbocycles. The molecule has 0 aromatic heterocycles. The highest BCUT2D eigenvalue weighted by Gasteiger charge is 2.32. The summed E-state index contributed by atoms with van der Waals surface area (Å²) in [6, 6.07) is 6.52. The first-order valence-corrected chi connectivity index (χ1v) is 10.1. The van der Waals surface area contributed by atoms with Gasteiger partial charge in [-0.25, -0.2) is 4.39 Å². The first kappa shape index (κ1) is 23.9. The van der Waals surface area contributed by atoms with Gasteiger partial charge in [-0.2, -0.15) is 0 Å². The summed E-state index contributed by atoms with van der Waals surface area (Å²) < 4.78 is 18.6. The lowest BCUT2D eigenvalue weighted by Gasteiger charge is -2.22. The lowest BCUT2D eigenvalue weighted by molar-refractivity contribution is -0.134. The minimum absolute atomic E-state index is 0. The Hall–Kier alpha value is -1.42. The maximum absolute atomic E-state index is 13.1. The van der Waals surface area contributed by atoms with Crippen LogP contribution in [0.3, 0.4) is 0 Å². The molecule has 1 aliphatic heterocycles. The summed E-state index contributed by atoms with van der Waals surface area (Å²) in [6.07, 6.45) is 5.15. The molecule has 2 N–H and O–H groups in total. The van der Waals surface area contributed by atoms with Crippen LogP contribution in [-0.4, -0.2) is 56.6 Å². The molecule has 29 heavy (non-hydrogen) atoms. The number of likely N-dealkylation sites (tertiary alicyclic amines) is 1. The number of halogens is 2. The number of guanidine groups is 1. The number of hydrogen-bond donors (Lipinski definition) is 2. The van der Waals surface area contributed by atoms with Crippen LogP contribution in [0, 0.1) is 11.7 Å². The van der Waals surface area contributed by atoms with Crippen molar-refractivity contribution in [3.05, 3.63) is 35.6 Å². The molecule has 1 saturated heterocycles. The van der Waals surface area contributed by atoms with Gasteiger partial charge in [-0.1, -0.05) is 25.0 Å². The number of ether oxygens (including phenoxy) is 1. The second-order valence-electron chi connectivity index (χ2n) is 7.62. The Morgan fingerprint density at radius 1 is 1.28 bits per heavy atom. The summed E-state index contributed by atoms with van der Waals surface area (Å²) in [7, 11) is 3.36. The Morgan fingerprint density at radius 3 is 2.59 bits per heavy atom. The molecule has 1 aromatic carbocycles. The van der Waals surface area contributed by atoms with Crippen LogP contribution < -0.4 is 10.6 Å². The van der Waals surface area contributed by atoms with Gasteiger partial charge >= 0.3 is 0 Å². The van der Waals surface area contributed by atoms with E-state index in [1.165, 1.54) is 25.0 Å².